The Morgan fingerprint density at radius 1 is 1.44 bits per heavy atom. The first-order valence-electron chi connectivity index (χ1n) is 8.05. The van der Waals surface area contributed by atoms with E-state index >= 15 is 0 Å². The molecule has 7 nitrogen and oxygen atoms in total. The van der Waals surface area contributed by atoms with Crippen molar-refractivity contribution in [1.82, 2.24) is 14.6 Å². The molecule has 2 aromatic rings. The number of carbonyl (C=O) groups is 1. The van der Waals surface area contributed by atoms with Crippen LogP contribution in [0.4, 0.5) is 4.39 Å². The Labute approximate surface area is 144 Å². The second kappa shape index (κ2) is 6.74. The summed E-state index contributed by atoms with van der Waals surface area (Å²) in [4.78, 5) is 15.3. The summed E-state index contributed by atoms with van der Waals surface area (Å²) >= 11 is 0. The molecule has 1 aromatic heterocycles. The largest absolute Gasteiger partial charge is 0.480 e. The van der Waals surface area contributed by atoms with Gasteiger partial charge in [0, 0.05) is 23.8 Å². The molecule has 1 aliphatic carbocycles. The molecular weight excluding hydrogens is 349 g/mol. The van der Waals surface area contributed by atoms with Crippen molar-refractivity contribution in [2.24, 2.45) is 0 Å². The van der Waals surface area contributed by atoms with Gasteiger partial charge in [0.05, 0.1) is 11.9 Å². The minimum Gasteiger partial charge on any atom is -0.480 e. The molecule has 0 atom stereocenters. The number of benzene rings is 1. The normalized spacial score (nSPS) is 20.8. The van der Waals surface area contributed by atoms with Gasteiger partial charge < -0.3 is 10.1 Å². The molecule has 3 N–H and O–H groups in total. The van der Waals surface area contributed by atoms with Crippen LogP contribution in [0.15, 0.2) is 29.3 Å². The van der Waals surface area contributed by atoms with Crippen LogP contribution >= 0.6 is 0 Å². The van der Waals surface area contributed by atoms with Crippen LogP contribution in [-0.2, 0) is 14.8 Å². The Morgan fingerprint density at radius 2 is 2.16 bits per heavy atom. The molecule has 0 saturated heterocycles. The second-order valence-electron chi connectivity index (χ2n) is 6.22. The fourth-order valence-electron chi connectivity index (χ4n) is 3.26. The number of likely N-dealkylation sites (N-methyl/N-ethyl adjacent to an activating group) is 1. The zero-order chi connectivity index (χ0) is 18.2. The van der Waals surface area contributed by atoms with Crippen molar-refractivity contribution >= 4 is 26.9 Å². The number of carboxylic acid groups (broad SMARTS) is 1. The van der Waals surface area contributed by atoms with Crippen LogP contribution in [0.3, 0.4) is 0 Å². The van der Waals surface area contributed by atoms with Crippen molar-refractivity contribution in [3.05, 3.63) is 30.2 Å². The average Bonchev–Trinajstić information content (AvgIpc) is 2.94. The van der Waals surface area contributed by atoms with Gasteiger partial charge in [0.15, 0.2) is 0 Å². The highest BCUT2D eigenvalue weighted by Gasteiger charge is 2.37. The topological polar surface area (TPSA) is 102 Å². The Kier molecular flexibility index (Phi) is 4.81. The third-order valence-corrected chi connectivity index (χ3v) is 6.15. The number of carboxylic acids is 1. The number of aliphatic carboxylic acids is 1. The van der Waals surface area contributed by atoms with Crippen molar-refractivity contribution in [3.63, 3.8) is 0 Å². The number of nitrogens with one attached hydrogen (secondary N) is 2. The molecular formula is C16H20FN3O4S. The number of sulfonamides is 1. The summed E-state index contributed by atoms with van der Waals surface area (Å²) in [5, 5.41) is 8.94. The molecule has 0 spiro atoms. The Hall–Kier alpha value is -1.97. The van der Waals surface area contributed by atoms with E-state index in [1.165, 1.54) is 18.3 Å². The summed E-state index contributed by atoms with van der Waals surface area (Å²) in [6.07, 6.45) is 2.35. The van der Waals surface area contributed by atoms with E-state index in [4.69, 9.17) is 5.11 Å². The fraction of sp³-hybridized carbons (Fsp3) is 0.438. The first kappa shape index (κ1) is 17.8. The summed E-state index contributed by atoms with van der Waals surface area (Å²) in [7, 11) is -3.86. The maximum absolute atomic E-state index is 14.0. The third-order valence-electron chi connectivity index (χ3n) is 4.60. The molecule has 1 fully saturated rings. The number of halogens is 1. The van der Waals surface area contributed by atoms with Gasteiger partial charge in [0.25, 0.3) is 0 Å². The fourth-order valence-corrected chi connectivity index (χ4v) is 4.71. The van der Waals surface area contributed by atoms with E-state index in [1.807, 2.05) is 6.92 Å². The van der Waals surface area contributed by atoms with Crippen molar-refractivity contribution in [2.75, 3.05) is 13.1 Å². The molecule has 1 saturated carbocycles. The van der Waals surface area contributed by atoms with Gasteiger partial charge in [0.2, 0.25) is 10.0 Å². The van der Waals surface area contributed by atoms with Gasteiger partial charge in [-0.25, -0.2) is 17.5 Å². The smallest absolute Gasteiger partial charge is 0.317 e. The van der Waals surface area contributed by atoms with E-state index in [1.54, 1.807) is 11.0 Å². The molecule has 25 heavy (non-hydrogen) atoms. The molecule has 0 unspecified atom stereocenters. The van der Waals surface area contributed by atoms with Crippen LogP contribution in [0.1, 0.15) is 19.8 Å². The number of rotatable bonds is 7. The van der Waals surface area contributed by atoms with E-state index in [9.17, 15) is 17.6 Å². The monoisotopic (exact) mass is 369 g/mol. The third kappa shape index (κ3) is 3.53. The Balaban J connectivity index is 1.70. The average molecular weight is 369 g/mol. The second-order valence-corrected chi connectivity index (χ2v) is 7.90. The number of aromatic amines is 1. The van der Waals surface area contributed by atoms with Crippen LogP contribution in [0, 0.1) is 5.82 Å². The highest BCUT2D eigenvalue weighted by molar-refractivity contribution is 7.89. The molecule has 136 valence electrons. The maximum atomic E-state index is 14.0. The minimum absolute atomic E-state index is 0.0357. The molecule has 0 amide bonds. The number of nitrogens with zero attached hydrogens (tertiary/aromatic N) is 1. The van der Waals surface area contributed by atoms with E-state index in [0.717, 1.165) is 0 Å². The first-order chi connectivity index (χ1) is 11.8. The van der Waals surface area contributed by atoms with Gasteiger partial charge in [0.1, 0.15) is 10.7 Å². The number of H-pyrrole nitrogens is 1. The molecule has 0 radical (unpaired) electrons. The van der Waals surface area contributed by atoms with Gasteiger partial charge in [-0.1, -0.05) is 13.0 Å². The summed E-state index contributed by atoms with van der Waals surface area (Å²) in [6.45, 7) is 2.40. The van der Waals surface area contributed by atoms with E-state index < -0.39 is 21.8 Å². The molecule has 9 heteroatoms. The van der Waals surface area contributed by atoms with Crippen molar-refractivity contribution in [3.8, 4) is 0 Å². The van der Waals surface area contributed by atoms with Gasteiger partial charge in [-0.3, -0.25) is 9.69 Å². The highest BCUT2D eigenvalue weighted by Crippen LogP contribution is 2.29. The molecule has 1 aliphatic rings. The highest BCUT2D eigenvalue weighted by atomic mass is 32.2. The molecule has 0 aliphatic heterocycles. The van der Waals surface area contributed by atoms with Crippen molar-refractivity contribution in [1.29, 1.82) is 0 Å². The van der Waals surface area contributed by atoms with E-state index in [2.05, 4.69) is 9.71 Å². The Bertz CT molecular complexity index is 890. The van der Waals surface area contributed by atoms with Crippen LogP contribution in [-0.4, -0.2) is 54.6 Å². The van der Waals surface area contributed by atoms with Crippen LogP contribution in [0.5, 0.6) is 0 Å². The Morgan fingerprint density at radius 3 is 2.80 bits per heavy atom. The van der Waals surface area contributed by atoms with Gasteiger partial charge >= 0.3 is 5.97 Å². The molecule has 1 aromatic carbocycles. The lowest BCUT2D eigenvalue weighted by atomic mass is 9.86. The van der Waals surface area contributed by atoms with E-state index in [-0.39, 0.29) is 28.9 Å². The summed E-state index contributed by atoms with van der Waals surface area (Å²) < 4.78 is 41.8. The number of aromatic nitrogens is 1. The van der Waals surface area contributed by atoms with Gasteiger partial charge in [-0.2, -0.15) is 0 Å². The van der Waals surface area contributed by atoms with Crippen LogP contribution < -0.4 is 4.72 Å². The number of hydrogen-bond donors (Lipinski definition) is 3. The lowest BCUT2D eigenvalue weighted by Crippen LogP contribution is -2.54. The summed E-state index contributed by atoms with van der Waals surface area (Å²) in [5.74, 6) is -1.50. The standard InChI is InChI=1S/C16H20FN3O4S/c1-2-20(9-15(21)22)11-6-10(7-11)19-25(23,24)14-8-18-13-5-3-4-12(17)16(13)14/h3-5,8,10-11,18-19H,2,6-7,9H2,1H3,(H,21,22). The summed E-state index contributed by atoms with van der Waals surface area (Å²) in [5.41, 5.74) is 0.422. The first-order valence-corrected chi connectivity index (χ1v) is 9.54. The predicted molar refractivity (Wildman–Crippen MR) is 90.3 cm³/mol. The lowest BCUT2D eigenvalue weighted by Gasteiger charge is -2.42. The maximum Gasteiger partial charge on any atom is 0.317 e. The SMILES string of the molecule is CCN(CC(=O)O)C1CC(NS(=O)(=O)c2c[nH]c3cccc(F)c23)C1. The van der Waals surface area contributed by atoms with Crippen molar-refractivity contribution < 1.29 is 22.7 Å². The molecule has 3 rings (SSSR count). The van der Waals surface area contributed by atoms with Gasteiger partial charge in [-0.15, -0.1) is 0 Å². The zero-order valence-electron chi connectivity index (χ0n) is 13.7. The quantitative estimate of drug-likeness (QED) is 0.687. The lowest BCUT2D eigenvalue weighted by molar-refractivity contribution is -0.139. The van der Waals surface area contributed by atoms with Crippen molar-refractivity contribution in [2.45, 2.75) is 36.7 Å². The summed E-state index contributed by atoms with van der Waals surface area (Å²) in [6, 6.07) is 4.10. The van der Waals surface area contributed by atoms with Crippen LogP contribution in [0.25, 0.3) is 10.9 Å². The molecule has 1 heterocycles. The predicted octanol–water partition coefficient (Wildman–Crippen LogP) is 1.52. The minimum atomic E-state index is -3.86. The zero-order valence-corrected chi connectivity index (χ0v) is 14.5. The number of hydrogen-bond acceptors (Lipinski definition) is 4. The van der Waals surface area contributed by atoms with E-state index in [0.29, 0.717) is 24.9 Å². The van der Waals surface area contributed by atoms with Gasteiger partial charge in [-0.05, 0) is 31.5 Å². The number of fused-ring (bicyclic) bond motifs is 1. The molecule has 0 bridgehead atoms. The van der Waals surface area contributed by atoms with Crippen LogP contribution in [0.2, 0.25) is 0 Å².